The minimum Gasteiger partial charge on any atom is -0.429 e. The van der Waals surface area contributed by atoms with E-state index >= 15 is 0 Å². The molecule has 2 heterocycles. The van der Waals surface area contributed by atoms with Crippen LogP contribution in [0.15, 0.2) is 21.9 Å². The van der Waals surface area contributed by atoms with E-state index in [1.807, 2.05) is 24.4 Å². The van der Waals surface area contributed by atoms with Crippen LogP contribution in [0.2, 0.25) is 0 Å². The Morgan fingerprint density at radius 3 is 2.92 bits per heavy atom. The number of hydrogen-bond acceptors (Lipinski definition) is 4. The minimum atomic E-state index is 0.232. The van der Waals surface area contributed by atoms with Gasteiger partial charge in [-0.25, -0.2) is 0 Å². The van der Waals surface area contributed by atoms with Crippen molar-refractivity contribution in [2.45, 2.75) is 6.92 Å². The molecule has 2 aromatic rings. The maximum Gasteiger partial charge on any atom is 0.292 e. The van der Waals surface area contributed by atoms with Crippen LogP contribution >= 0.6 is 11.3 Å². The summed E-state index contributed by atoms with van der Waals surface area (Å²) in [6, 6.07) is 4.20. The molecule has 0 unspecified atom stereocenters. The van der Waals surface area contributed by atoms with Gasteiger partial charge in [0.05, 0.1) is 4.88 Å². The van der Waals surface area contributed by atoms with Crippen LogP contribution in [-0.4, -0.2) is 4.98 Å². The minimum absolute atomic E-state index is 0.232. The van der Waals surface area contributed by atoms with E-state index in [1.54, 1.807) is 11.3 Å². The van der Waals surface area contributed by atoms with E-state index < -0.39 is 0 Å². The summed E-state index contributed by atoms with van der Waals surface area (Å²) in [5.41, 5.74) is 6.26. The van der Waals surface area contributed by atoms with Crippen LogP contribution in [-0.2, 0) is 0 Å². The Kier molecular flexibility index (Phi) is 1.62. The highest BCUT2D eigenvalue weighted by Crippen LogP contribution is 2.27. The number of aromatic nitrogens is 1. The lowest BCUT2D eigenvalue weighted by atomic mass is 10.3. The Bertz CT molecular complexity index is 378. The van der Waals surface area contributed by atoms with E-state index in [0.717, 1.165) is 16.3 Å². The molecule has 0 aliphatic heterocycles. The van der Waals surface area contributed by atoms with Crippen molar-refractivity contribution in [3.8, 4) is 10.6 Å². The summed E-state index contributed by atoms with van der Waals surface area (Å²) in [7, 11) is 0. The zero-order valence-corrected chi connectivity index (χ0v) is 7.39. The first-order chi connectivity index (χ1) is 5.77. The molecule has 2 N–H and O–H groups in total. The maximum absolute atomic E-state index is 5.41. The molecule has 4 heteroatoms. The van der Waals surface area contributed by atoms with Crippen LogP contribution in [0.25, 0.3) is 10.6 Å². The molecular weight excluding hydrogens is 172 g/mol. The molecule has 0 aliphatic rings. The van der Waals surface area contributed by atoms with E-state index in [9.17, 15) is 0 Å². The number of nitrogen functional groups attached to an aromatic ring is 1. The Hall–Kier alpha value is -1.29. The molecule has 0 saturated heterocycles. The standard InChI is InChI=1S/C8H8N2OS/c1-5-7(10-8(9)11-5)6-3-2-4-12-6/h2-4H,1H3,(H2,9,10). The number of thiophene rings is 1. The molecular formula is C8H8N2OS. The van der Waals surface area contributed by atoms with Crippen LogP contribution in [0.5, 0.6) is 0 Å². The van der Waals surface area contributed by atoms with E-state index in [0.29, 0.717) is 0 Å². The number of nitrogens with two attached hydrogens (primary N) is 1. The molecule has 0 amide bonds. The average Bonchev–Trinajstić information content (AvgIpc) is 2.58. The summed E-state index contributed by atoms with van der Waals surface area (Å²) in [4.78, 5) is 5.16. The van der Waals surface area contributed by atoms with Gasteiger partial charge in [0.15, 0.2) is 0 Å². The smallest absolute Gasteiger partial charge is 0.292 e. The Morgan fingerprint density at radius 2 is 2.42 bits per heavy atom. The van der Waals surface area contributed by atoms with Gasteiger partial charge >= 0.3 is 0 Å². The van der Waals surface area contributed by atoms with Crippen LogP contribution in [0.1, 0.15) is 5.76 Å². The van der Waals surface area contributed by atoms with E-state index in [4.69, 9.17) is 10.2 Å². The third-order valence-electron chi connectivity index (χ3n) is 1.57. The molecule has 0 aromatic carbocycles. The molecule has 0 spiro atoms. The molecule has 2 rings (SSSR count). The van der Waals surface area contributed by atoms with Crippen molar-refractivity contribution in [1.29, 1.82) is 0 Å². The molecule has 3 nitrogen and oxygen atoms in total. The van der Waals surface area contributed by atoms with E-state index in [1.165, 1.54) is 0 Å². The Labute approximate surface area is 73.8 Å². The fraction of sp³-hybridized carbons (Fsp3) is 0.125. The van der Waals surface area contributed by atoms with Gasteiger partial charge in [-0.2, -0.15) is 4.98 Å². The van der Waals surface area contributed by atoms with Gasteiger partial charge in [-0.15, -0.1) is 11.3 Å². The van der Waals surface area contributed by atoms with Crippen molar-refractivity contribution < 1.29 is 4.42 Å². The molecule has 62 valence electrons. The van der Waals surface area contributed by atoms with E-state index in [-0.39, 0.29) is 6.01 Å². The first-order valence-electron chi connectivity index (χ1n) is 3.54. The highest BCUT2D eigenvalue weighted by molar-refractivity contribution is 7.13. The molecule has 12 heavy (non-hydrogen) atoms. The van der Waals surface area contributed by atoms with Crippen LogP contribution in [0.4, 0.5) is 6.01 Å². The van der Waals surface area contributed by atoms with Crippen molar-refractivity contribution >= 4 is 17.4 Å². The third kappa shape index (κ3) is 1.10. The SMILES string of the molecule is Cc1oc(N)nc1-c1cccs1. The van der Waals surface area contributed by atoms with Crippen molar-refractivity contribution in [1.82, 2.24) is 4.98 Å². The van der Waals surface area contributed by atoms with Gasteiger partial charge in [0.2, 0.25) is 0 Å². The molecule has 0 aliphatic carbocycles. The Balaban J connectivity index is 2.54. The predicted molar refractivity (Wildman–Crippen MR) is 49.0 cm³/mol. The number of hydrogen-bond donors (Lipinski definition) is 1. The summed E-state index contributed by atoms with van der Waals surface area (Å²) in [6.07, 6.45) is 0. The second-order valence-electron chi connectivity index (χ2n) is 2.43. The number of aryl methyl sites for hydroxylation is 1. The number of rotatable bonds is 1. The zero-order valence-electron chi connectivity index (χ0n) is 6.57. The second kappa shape index (κ2) is 2.64. The molecule has 0 bridgehead atoms. The summed E-state index contributed by atoms with van der Waals surface area (Å²) in [5.74, 6) is 0.773. The van der Waals surface area contributed by atoms with E-state index in [2.05, 4.69) is 4.98 Å². The predicted octanol–water partition coefficient (Wildman–Crippen LogP) is 2.29. The molecule has 2 aromatic heterocycles. The van der Waals surface area contributed by atoms with Crippen LogP contribution in [0.3, 0.4) is 0 Å². The molecule has 0 atom stereocenters. The van der Waals surface area contributed by atoms with Gasteiger partial charge in [-0.05, 0) is 18.4 Å². The summed E-state index contributed by atoms with van der Waals surface area (Å²) in [5, 5.41) is 2.00. The zero-order chi connectivity index (χ0) is 8.55. The quantitative estimate of drug-likeness (QED) is 0.732. The summed E-state index contributed by atoms with van der Waals surface area (Å²) >= 11 is 1.63. The number of anilines is 1. The van der Waals surface area contributed by atoms with Gasteiger partial charge in [0, 0.05) is 0 Å². The lowest BCUT2D eigenvalue weighted by molar-refractivity contribution is 0.549. The lowest BCUT2D eigenvalue weighted by Crippen LogP contribution is -1.81. The molecule has 0 saturated carbocycles. The average molecular weight is 180 g/mol. The highest BCUT2D eigenvalue weighted by atomic mass is 32.1. The van der Waals surface area contributed by atoms with Crippen molar-refractivity contribution in [2.75, 3.05) is 5.73 Å². The third-order valence-corrected chi connectivity index (χ3v) is 2.44. The van der Waals surface area contributed by atoms with Gasteiger partial charge in [0.25, 0.3) is 6.01 Å². The van der Waals surface area contributed by atoms with Gasteiger partial charge in [-0.3, -0.25) is 0 Å². The van der Waals surface area contributed by atoms with Crippen molar-refractivity contribution in [2.24, 2.45) is 0 Å². The fourth-order valence-electron chi connectivity index (χ4n) is 1.06. The van der Waals surface area contributed by atoms with Gasteiger partial charge < -0.3 is 10.2 Å². The topological polar surface area (TPSA) is 52.0 Å². The normalized spacial score (nSPS) is 10.4. The monoisotopic (exact) mass is 180 g/mol. The molecule has 0 fully saturated rings. The highest BCUT2D eigenvalue weighted by Gasteiger charge is 2.09. The van der Waals surface area contributed by atoms with Gasteiger partial charge in [0.1, 0.15) is 11.5 Å². The summed E-state index contributed by atoms with van der Waals surface area (Å²) in [6.45, 7) is 1.86. The van der Waals surface area contributed by atoms with Crippen molar-refractivity contribution in [3.63, 3.8) is 0 Å². The Morgan fingerprint density at radius 1 is 1.58 bits per heavy atom. The summed E-state index contributed by atoms with van der Waals surface area (Å²) < 4.78 is 5.11. The van der Waals surface area contributed by atoms with Crippen LogP contribution in [0, 0.1) is 6.92 Å². The van der Waals surface area contributed by atoms with Crippen molar-refractivity contribution in [3.05, 3.63) is 23.3 Å². The first-order valence-corrected chi connectivity index (χ1v) is 4.42. The number of nitrogens with zero attached hydrogens (tertiary/aromatic N) is 1. The van der Waals surface area contributed by atoms with Crippen LogP contribution < -0.4 is 5.73 Å². The van der Waals surface area contributed by atoms with Gasteiger partial charge in [-0.1, -0.05) is 6.07 Å². The molecule has 0 radical (unpaired) electrons. The second-order valence-corrected chi connectivity index (χ2v) is 3.38. The largest absolute Gasteiger partial charge is 0.429 e. The maximum atomic E-state index is 5.41. The first kappa shape index (κ1) is 7.36. The lowest BCUT2D eigenvalue weighted by Gasteiger charge is -1.87. The number of oxazole rings is 1. The fourth-order valence-corrected chi connectivity index (χ4v) is 1.82.